The van der Waals surface area contributed by atoms with Crippen molar-refractivity contribution in [2.24, 2.45) is 37.4 Å². The molecule has 0 aliphatic carbocycles. The van der Waals surface area contributed by atoms with Gasteiger partial charge in [-0.2, -0.15) is 15.3 Å². The van der Waals surface area contributed by atoms with Gasteiger partial charge in [0, 0.05) is 147 Å². The Morgan fingerprint density at radius 1 is 0.312 bits per heavy atom. The summed E-state index contributed by atoms with van der Waals surface area (Å²) >= 11 is 0. The second-order valence-electron chi connectivity index (χ2n) is 36.1. The van der Waals surface area contributed by atoms with E-state index in [0.717, 1.165) is 28.1 Å². The fourth-order valence-electron chi connectivity index (χ4n) is 14.6. The van der Waals surface area contributed by atoms with E-state index in [1.54, 1.807) is 58.6 Å². The molecule has 3 heterocycles. The average Bonchev–Trinajstić information content (AvgIpc) is 1.69. The minimum Gasteiger partial charge on any atom is -0.399 e. The van der Waals surface area contributed by atoms with E-state index in [1.807, 2.05) is 67.1 Å². The van der Waals surface area contributed by atoms with E-state index in [2.05, 4.69) is 447 Å². The third kappa shape index (κ3) is 33.2. The number of hydrogen-bond donors (Lipinski definition) is 4. The summed E-state index contributed by atoms with van der Waals surface area (Å²) in [6.07, 6.45) is 7.23. The van der Waals surface area contributed by atoms with Crippen LogP contribution in [0.4, 0.5) is 34.1 Å². The number of non-ortho nitro benzene ring substituents is 2. The minimum atomic E-state index is -0.452. The SMILES string of the molecule is C=CCNc1ccc([N+](=O)[O-])cc1-c1nn(C)cc1C#CC(C)(C)C.Cn1cc(C#CC(C)(C)C)c(-c2cc(N)ccc2N)n1.Cn1cc(C#CC(C)(C)C)c(-c2cc([N+](=O)[O-])ccc2N)n1.[Pd].c1ccc(P(c2ccccc2)c2ccccc2)cc1.c1ccc(P(c2ccccc2)c2ccccc2)cc1.c1ccc(P(c2ccccc2)c2ccccc2)cc1.c1ccc(P(c2ccccc2)c2ccccc2)cc1. The van der Waals surface area contributed by atoms with E-state index in [1.165, 1.54) is 94.0 Å². The van der Waals surface area contributed by atoms with Gasteiger partial charge < -0.3 is 22.5 Å². The van der Waals surface area contributed by atoms with Crippen LogP contribution in [0.2, 0.25) is 0 Å². The number of nitrogens with two attached hydrogens (primary N) is 3. The van der Waals surface area contributed by atoms with Gasteiger partial charge in [0.1, 0.15) is 17.1 Å². The summed E-state index contributed by atoms with van der Waals surface area (Å²) in [6.45, 7) is 22.6. The molecule has 0 unspecified atom stereocenters. The summed E-state index contributed by atoms with van der Waals surface area (Å²) in [5.74, 6) is 19.0. The molecule has 0 fully saturated rings. The number of nitro benzene ring substituents is 2. The van der Waals surface area contributed by atoms with Crippen molar-refractivity contribution in [1.29, 1.82) is 0 Å². The molecule has 15 aromatic carbocycles. The topological polar surface area (TPSA) is 230 Å². The molecule has 0 spiro atoms. The number of nitrogens with zero attached hydrogens (tertiary/aromatic N) is 8. The summed E-state index contributed by atoms with van der Waals surface area (Å²) < 4.78 is 5.03. The van der Waals surface area contributed by atoms with Crippen molar-refractivity contribution in [2.75, 3.05) is 29.1 Å². The second-order valence-corrected chi connectivity index (χ2v) is 45.0. The number of hydrogen-bond acceptors (Lipinski definition) is 11. The predicted octanol–water partition coefficient (Wildman–Crippen LogP) is 23.4. The first-order chi connectivity index (χ1) is 68.9. The fraction of sp³-hybridized carbons (Fsp3) is 0.130. The molecule has 16 nitrogen and oxygen atoms in total. The summed E-state index contributed by atoms with van der Waals surface area (Å²) in [4.78, 5) is 21.3. The Hall–Kier alpha value is -15.3. The smallest absolute Gasteiger partial charge is 0.270 e. The van der Waals surface area contributed by atoms with E-state index >= 15 is 0 Å². The Balaban J connectivity index is 0.000000160. The van der Waals surface area contributed by atoms with Crippen molar-refractivity contribution in [2.45, 2.75) is 62.3 Å². The fourth-order valence-corrected chi connectivity index (χ4v) is 23.9. The van der Waals surface area contributed by atoms with Gasteiger partial charge in [-0.1, -0.05) is 406 Å². The Bertz CT molecular complexity index is 6460. The van der Waals surface area contributed by atoms with Gasteiger partial charge in [0.15, 0.2) is 0 Å². The van der Waals surface area contributed by atoms with Crippen molar-refractivity contribution in [1.82, 2.24) is 29.3 Å². The van der Waals surface area contributed by atoms with Crippen LogP contribution in [-0.2, 0) is 41.6 Å². The van der Waals surface area contributed by atoms with Gasteiger partial charge in [-0.3, -0.25) is 34.3 Å². The monoisotopic (exact) mass is 2060 g/mol. The first-order valence-electron chi connectivity index (χ1n) is 46.8. The van der Waals surface area contributed by atoms with Gasteiger partial charge in [-0.05, 0) is 188 Å². The van der Waals surface area contributed by atoms with E-state index in [9.17, 15) is 20.2 Å². The van der Waals surface area contributed by atoms with Crippen molar-refractivity contribution in [3.8, 4) is 69.3 Å². The summed E-state index contributed by atoms with van der Waals surface area (Å²) in [7, 11) is 3.67. The zero-order valence-electron chi connectivity index (χ0n) is 83.1. The normalized spacial score (nSPS) is 10.6. The van der Waals surface area contributed by atoms with Crippen molar-refractivity contribution >= 4 is 129 Å². The van der Waals surface area contributed by atoms with E-state index < -0.39 is 41.5 Å². The van der Waals surface area contributed by atoms with Gasteiger partial charge >= 0.3 is 0 Å². The zero-order chi connectivity index (χ0) is 102. The van der Waals surface area contributed by atoms with Crippen LogP contribution < -0.4 is 86.2 Å². The molecule has 0 aliphatic rings. The Labute approximate surface area is 867 Å². The number of aromatic nitrogens is 6. The van der Waals surface area contributed by atoms with Gasteiger partial charge in [0.05, 0.1) is 26.5 Å². The maximum Gasteiger partial charge on any atom is 0.270 e. The van der Waals surface area contributed by atoms with Gasteiger partial charge in [-0.15, -0.1) is 6.58 Å². The third-order valence-electron chi connectivity index (χ3n) is 21.1. The Kier molecular flexibility index (Phi) is 41.0. The number of aryl methyl sites for hydroxylation is 3. The van der Waals surface area contributed by atoms with Crippen LogP contribution in [0.5, 0.6) is 0 Å². The molecular formula is C123H120N12O4P4Pd. The van der Waals surface area contributed by atoms with Gasteiger partial charge in [0.2, 0.25) is 0 Å². The number of nitro groups is 2. The van der Waals surface area contributed by atoms with Crippen LogP contribution in [0.25, 0.3) is 33.8 Å². The molecule has 3 aromatic heterocycles. The van der Waals surface area contributed by atoms with Gasteiger partial charge in [-0.25, -0.2) is 0 Å². The van der Waals surface area contributed by atoms with Crippen LogP contribution in [0.1, 0.15) is 79.0 Å². The molecule has 0 atom stereocenters. The maximum atomic E-state index is 11.2. The number of benzene rings is 15. The Morgan fingerprint density at radius 3 is 0.729 bits per heavy atom. The number of rotatable bonds is 20. The number of anilines is 4. The van der Waals surface area contributed by atoms with Crippen LogP contribution >= 0.6 is 31.7 Å². The summed E-state index contributed by atoms with van der Waals surface area (Å²) in [5, 5.41) is 55.4. The molecule has 0 saturated heterocycles. The zero-order valence-corrected chi connectivity index (χ0v) is 88.2. The van der Waals surface area contributed by atoms with Crippen molar-refractivity contribution in [3.63, 3.8) is 0 Å². The molecule has 0 aliphatic heterocycles. The van der Waals surface area contributed by atoms with Crippen LogP contribution in [0.15, 0.2) is 450 Å². The first kappa shape index (κ1) is 109. The molecule has 21 heteroatoms. The summed E-state index contributed by atoms with van der Waals surface area (Å²) in [6, 6.07) is 144. The van der Waals surface area contributed by atoms with E-state index in [0.29, 0.717) is 51.7 Å². The molecule has 18 aromatic rings. The second kappa shape index (κ2) is 54.1. The van der Waals surface area contributed by atoms with Gasteiger partial charge in [0.25, 0.3) is 11.4 Å². The van der Waals surface area contributed by atoms with Crippen LogP contribution in [0, 0.1) is 72.0 Å². The molecule has 144 heavy (non-hydrogen) atoms. The molecule has 18 rings (SSSR count). The molecule has 0 radical (unpaired) electrons. The molecule has 0 bridgehead atoms. The van der Waals surface area contributed by atoms with Crippen molar-refractivity contribution in [3.05, 3.63) is 487 Å². The molecular weight excluding hydrogens is 1940 g/mol. The van der Waals surface area contributed by atoms with E-state index in [4.69, 9.17) is 17.2 Å². The van der Waals surface area contributed by atoms with Crippen LogP contribution in [-0.4, -0.2) is 45.7 Å². The van der Waals surface area contributed by atoms with Crippen molar-refractivity contribution < 1.29 is 30.3 Å². The Morgan fingerprint density at radius 2 is 0.514 bits per heavy atom. The maximum absolute atomic E-state index is 11.2. The molecule has 7 N–H and O–H groups in total. The molecule has 726 valence electrons. The largest absolute Gasteiger partial charge is 0.399 e. The summed E-state index contributed by atoms with van der Waals surface area (Å²) in [5.41, 5.74) is 26.2. The third-order valence-corrected chi connectivity index (χ3v) is 30.9. The first-order valence-corrected chi connectivity index (χ1v) is 52.2. The van der Waals surface area contributed by atoms with Crippen LogP contribution in [0.3, 0.4) is 0 Å². The quantitative estimate of drug-likeness (QED) is 0.0107. The number of nitrogens with one attached hydrogen (secondary N) is 1. The van der Waals surface area contributed by atoms with E-state index in [-0.39, 0.29) is 48.0 Å². The number of nitrogen functional groups attached to an aromatic ring is 3. The average molecular weight is 2060 g/mol. The molecule has 0 saturated carbocycles. The predicted molar refractivity (Wildman–Crippen MR) is 611 cm³/mol. The standard InChI is InChI=1S/C19H22N4O2.4C18H15P.C16H18N4O2.C16H20N4.Pd/c1-6-11-20-17-8-7-15(23(24)25)12-16(17)18-14(13-22(5)21-18)9-10-19(2,3)4;4*1-4-10-16(11-5-1)19(17-12-6-2-7-13-17)18-14-8-3-9-15-18;1-16(2,3)8-7-11-10-19(4)18-15(11)13-9-12(20(21)22)5-6-14(13)17;1-16(2,3)8-7-11-10-20(4)19-15(11)13-9-12(17)5-6-14(13)18;/h6-8,12-13,20H,1,11H2,2-5H3;4*1-15H;5-6,9-10H,17H2,1-4H3;5-6,9-10H,17-18H2,1-4H3;. The minimum absolute atomic E-state index is 0. The molecule has 0 amide bonds.